The molecule has 2 aromatic rings. The first-order valence-corrected chi connectivity index (χ1v) is 12.1. The molecule has 4 heterocycles. The first-order chi connectivity index (χ1) is 16.6. The highest BCUT2D eigenvalue weighted by atomic mass is 32.2. The van der Waals surface area contributed by atoms with Crippen LogP contribution >= 0.6 is 11.8 Å². The van der Waals surface area contributed by atoms with E-state index in [0.29, 0.717) is 42.3 Å². The Morgan fingerprint density at radius 3 is 2.31 bits per heavy atom. The standard InChI is InChI=1S/C23H23F4N5O2S/c1-14-19-17(11-18(24)35-14)32(15-5-3-2-4-6-15)28-20(19)21(33)31-12-16(13-31)29-7-9-30(10-8-29)22(34)23(25,26)27/h2-6,16,18H,1,7-13H2. The van der Waals surface area contributed by atoms with Crippen LogP contribution in [0.3, 0.4) is 0 Å². The molecule has 2 amide bonds. The number of nitrogens with zero attached hydrogens (tertiary/aromatic N) is 5. The number of para-hydroxylation sites is 1. The van der Waals surface area contributed by atoms with Crippen molar-refractivity contribution < 1.29 is 27.2 Å². The summed E-state index contributed by atoms with van der Waals surface area (Å²) >= 11 is 0.983. The van der Waals surface area contributed by atoms with Crippen molar-refractivity contribution in [2.75, 3.05) is 39.3 Å². The van der Waals surface area contributed by atoms with Gasteiger partial charge in [0.05, 0.1) is 11.4 Å². The maximum absolute atomic E-state index is 14.3. The molecular formula is C23H23F4N5O2S. The average molecular weight is 510 g/mol. The lowest BCUT2D eigenvalue weighted by Gasteiger charge is -2.48. The second kappa shape index (κ2) is 8.98. The minimum atomic E-state index is -4.87. The fourth-order valence-corrected chi connectivity index (χ4v) is 5.63. The summed E-state index contributed by atoms with van der Waals surface area (Å²) in [5.41, 5.74) is 0.960. The average Bonchev–Trinajstić information content (AvgIpc) is 3.18. The largest absolute Gasteiger partial charge is 0.471 e. The van der Waals surface area contributed by atoms with Gasteiger partial charge in [0, 0.05) is 62.2 Å². The maximum atomic E-state index is 14.3. The Labute approximate surface area is 203 Å². The molecule has 1 aromatic heterocycles. The monoisotopic (exact) mass is 509 g/mol. The molecule has 1 aromatic carbocycles. The van der Waals surface area contributed by atoms with Crippen LogP contribution in [0.1, 0.15) is 21.7 Å². The zero-order valence-corrected chi connectivity index (χ0v) is 19.5. The number of halogens is 4. The van der Waals surface area contributed by atoms with Crippen LogP contribution in [0.25, 0.3) is 10.6 Å². The van der Waals surface area contributed by atoms with Crippen molar-refractivity contribution in [2.24, 2.45) is 0 Å². The van der Waals surface area contributed by atoms with Crippen LogP contribution in [0.2, 0.25) is 0 Å². The molecule has 1 atom stereocenters. The lowest BCUT2D eigenvalue weighted by atomic mass is 10.0. The first-order valence-electron chi connectivity index (χ1n) is 11.2. The summed E-state index contributed by atoms with van der Waals surface area (Å²) < 4.78 is 53.9. The van der Waals surface area contributed by atoms with Gasteiger partial charge >= 0.3 is 12.1 Å². The normalized spacial score (nSPS) is 21.6. The van der Waals surface area contributed by atoms with E-state index in [0.717, 1.165) is 22.3 Å². The van der Waals surface area contributed by atoms with Crippen LogP contribution in [0.5, 0.6) is 0 Å². The summed E-state index contributed by atoms with van der Waals surface area (Å²) in [5.74, 6) is -2.09. The Balaban J connectivity index is 1.28. The Kier molecular flexibility index (Phi) is 6.12. The molecular weight excluding hydrogens is 486 g/mol. The molecule has 5 rings (SSSR count). The lowest BCUT2D eigenvalue weighted by molar-refractivity contribution is -0.187. The highest BCUT2D eigenvalue weighted by Crippen LogP contribution is 2.42. The second-order valence-electron chi connectivity index (χ2n) is 8.76. The highest BCUT2D eigenvalue weighted by molar-refractivity contribution is 8.08. The molecule has 0 bridgehead atoms. The zero-order valence-electron chi connectivity index (χ0n) is 18.7. The number of carbonyl (C=O) groups excluding carboxylic acids is 2. The predicted octanol–water partition coefficient (Wildman–Crippen LogP) is 2.96. The van der Waals surface area contributed by atoms with Gasteiger partial charge in [0.25, 0.3) is 5.91 Å². The van der Waals surface area contributed by atoms with E-state index in [9.17, 15) is 27.2 Å². The summed E-state index contributed by atoms with van der Waals surface area (Å²) in [6, 6.07) is 9.21. The summed E-state index contributed by atoms with van der Waals surface area (Å²) in [6.07, 6.45) is -4.76. The fraction of sp³-hybridized carbons (Fsp3) is 0.435. The number of piperazine rings is 1. The van der Waals surface area contributed by atoms with Gasteiger partial charge in [-0.1, -0.05) is 36.5 Å². The number of amides is 2. The van der Waals surface area contributed by atoms with Gasteiger partial charge in [-0.3, -0.25) is 14.5 Å². The van der Waals surface area contributed by atoms with Crippen molar-refractivity contribution in [1.82, 2.24) is 24.5 Å². The number of benzene rings is 1. The molecule has 3 aliphatic rings. The molecule has 12 heteroatoms. The van der Waals surface area contributed by atoms with E-state index in [-0.39, 0.29) is 37.2 Å². The lowest BCUT2D eigenvalue weighted by Crippen LogP contribution is -2.65. The Morgan fingerprint density at radius 1 is 1.03 bits per heavy atom. The Morgan fingerprint density at radius 2 is 1.69 bits per heavy atom. The molecule has 0 spiro atoms. The van der Waals surface area contributed by atoms with Gasteiger partial charge in [-0.15, -0.1) is 0 Å². The van der Waals surface area contributed by atoms with Gasteiger partial charge in [-0.05, 0) is 12.1 Å². The number of aromatic nitrogens is 2. The number of carbonyl (C=O) groups is 2. The van der Waals surface area contributed by atoms with E-state index in [1.165, 1.54) is 0 Å². The molecule has 0 N–H and O–H groups in total. The number of hydrogen-bond acceptors (Lipinski definition) is 5. The summed E-state index contributed by atoms with van der Waals surface area (Å²) in [7, 11) is 0. The molecule has 186 valence electrons. The van der Waals surface area contributed by atoms with Crippen LogP contribution in [0.15, 0.2) is 36.9 Å². The Bertz CT molecular complexity index is 1150. The molecule has 3 aliphatic heterocycles. The van der Waals surface area contributed by atoms with E-state index >= 15 is 0 Å². The van der Waals surface area contributed by atoms with Crippen molar-refractivity contribution in [3.05, 3.63) is 53.9 Å². The summed E-state index contributed by atoms with van der Waals surface area (Å²) in [4.78, 5) is 29.7. The minimum Gasteiger partial charge on any atom is -0.334 e. The van der Waals surface area contributed by atoms with Crippen LogP contribution in [-0.2, 0) is 11.2 Å². The van der Waals surface area contributed by atoms with E-state index in [1.54, 1.807) is 9.58 Å². The SMILES string of the molecule is C=C1SC(F)Cc2c1c(C(=O)N1CC(N3CCN(C(=O)C(F)(F)F)CC3)C1)nn2-c1ccccc1. The predicted molar refractivity (Wildman–Crippen MR) is 123 cm³/mol. The topological polar surface area (TPSA) is 61.7 Å². The minimum absolute atomic E-state index is 0.000769. The van der Waals surface area contributed by atoms with Gasteiger partial charge in [-0.25, -0.2) is 9.07 Å². The molecule has 7 nitrogen and oxygen atoms in total. The van der Waals surface area contributed by atoms with E-state index in [2.05, 4.69) is 11.7 Å². The van der Waals surface area contributed by atoms with Gasteiger partial charge in [-0.2, -0.15) is 18.3 Å². The summed E-state index contributed by atoms with van der Waals surface area (Å²) in [5, 5.41) is 4.56. The fourth-order valence-electron chi connectivity index (χ4n) is 4.75. The van der Waals surface area contributed by atoms with Crippen LogP contribution in [-0.4, -0.2) is 93.3 Å². The van der Waals surface area contributed by atoms with Crippen molar-refractivity contribution in [2.45, 2.75) is 24.1 Å². The smallest absolute Gasteiger partial charge is 0.334 e. The van der Waals surface area contributed by atoms with Crippen molar-refractivity contribution in [3.63, 3.8) is 0 Å². The number of likely N-dealkylation sites (tertiary alicyclic amines) is 1. The Hall–Kier alpha value is -2.86. The molecule has 35 heavy (non-hydrogen) atoms. The van der Waals surface area contributed by atoms with Crippen molar-refractivity contribution in [1.29, 1.82) is 0 Å². The van der Waals surface area contributed by atoms with Crippen molar-refractivity contribution >= 4 is 28.5 Å². The van der Waals surface area contributed by atoms with Crippen LogP contribution < -0.4 is 0 Å². The molecule has 1 unspecified atom stereocenters. The first kappa shape index (κ1) is 23.9. The number of rotatable bonds is 3. The highest BCUT2D eigenvalue weighted by Gasteiger charge is 2.45. The molecule has 0 radical (unpaired) electrons. The van der Waals surface area contributed by atoms with Crippen LogP contribution in [0, 0.1) is 0 Å². The molecule has 0 aliphatic carbocycles. The van der Waals surface area contributed by atoms with E-state index in [4.69, 9.17) is 0 Å². The van der Waals surface area contributed by atoms with Crippen LogP contribution in [0.4, 0.5) is 17.6 Å². The molecule has 2 saturated heterocycles. The third-order valence-corrected chi connectivity index (χ3v) is 7.51. The van der Waals surface area contributed by atoms with Gasteiger partial charge in [0.15, 0.2) is 11.2 Å². The van der Waals surface area contributed by atoms with Crippen molar-refractivity contribution in [3.8, 4) is 5.69 Å². The zero-order chi connectivity index (χ0) is 24.9. The van der Waals surface area contributed by atoms with Gasteiger partial charge in [0.2, 0.25) is 0 Å². The number of thioether (sulfide) groups is 1. The number of fused-ring (bicyclic) bond motifs is 1. The second-order valence-corrected chi connectivity index (χ2v) is 10.0. The summed E-state index contributed by atoms with van der Waals surface area (Å²) in [6.45, 7) is 5.41. The third kappa shape index (κ3) is 4.44. The molecule has 2 fully saturated rings. The van der Waals surface area contributed by atoms with E-state index in [1.807, 2.05) is 35.2 Å². The third-order valence-electron chi connectivity index (χ3n) is 6.60. The maximum Gasteiger partial charge on any atom is 0.471 e. The van der Waals surface area contributed by atoms with Gasteiger partial charge < -0.3 is 9.80 Å². The molecule has 0 saturated carbocycles. The quantitative estimate of drug-likeness (QED) is 0.596. The van der Waals surface area contributed by atoms with Gasteiger partial charge in [0.1, 0.15) is 0 Å². The number of hydrogen-bond donors (Lipinski definition) is 0. The van der Waals surface area contributed by atoms with E-state index < -0.39 is 17.6 Å². The number of alkyl halides is 4.